The molecule has 0 N–H and O–H groups in total. The second kappa shape index (κ2) is 6.08. The number of benzene rings is 1. The highest BCUT2D eigenvalue weighted by Crippen LogP contribution is 2.36. The van der Waals surface area contributed by atoms with Crippen LogP contribution in [0.15, 0.2) is 22.6 Å². The van der Waals surface area contributed by atoms with Crippen molar-refractivity contribution >= 4 is 16.9 Å². The molecule has 0 spiro atoms. The van der Waals surface area contributed by atoms with Gasteiger partial charge in [0.1, 0.15) is 17.1 Å². The van der Waals surface area contributed by atoms with Crippen molar-refractivity contribution in [1.82, 2.24) is 4.90 Å². The summed E-state index contributed by atoms with van der Waals surface area (Å²) in [6, 6.07) is 6.43. The highest BCUT2D eigenvalue weighted by molar-refractivity contribution is 5.84. The highest BCUT2D eigenvalue weighted by Gasteiger charge is 2.36. The van der Waals surface area contributed by atoms with Crippen molar-refractivity contribution in [1.29, 1.82) is 0 Å². The molecule has 132 valence electrons. The maximum atomic E-state index is 12.6. The van der Waals surface area contributed by atoms with Gasteiger partial charge in [0.15, 0.2) is 6.61 Å². The van der Waals surface area contributed by atoms with Gasteiger partial charge in [0.05, 0.1) is 0 Å². The van der Waals surface area contributed by atoms with Gasteiger partial charge in [-0.05, 0) is 69.1 Å². The smallest absolute Gasteiger partial charge is 0.260 e. The molecule has 25 heavy (non-hydrogen) atoms. The van der Waals surface area contributed by atoms with Crippen LogP contribution in [0.2, 0.25) is 0 Å². The summed E-state index contributed by atoms with van der Waals surface area (Å²) in [5.41, 5.74) is 2.28. The average Bonchev–Trinajstić information content (AvgIpc) is 3.54. The third-order valence-electron chi connectivity index (χ3n) is 5.75. The van der Waals surface area contributed by atoms with Crippen molar-refractivity contribution in [3.8, 4) is 5.75 Å². The standard InChI is InChI=1S/C21H25NO3/c23-21(22(15-7-8-15)12-14-5-6-14)13-24-16-9-10-20-18(11-16)17-3-1-2-4-19(17)25-20/h9-11,14-15H,1-8,12-13H2. The van der Waals surface area contributed by atoms with E-state index < -0.39 is 0 Å². The Morgan fingerprint density at radius 2 is 2.00 bits per heavy atom. The molecule has 2 fully saturated rings. The van der Waals surface area contributed by atoms with Gasteiger partial charge in [-0.15, -0.1) is 0 Å². The Bertz CT molecular complexity index is 801. The van der Waals surface area contributed by atoms with Crippen LogP contribution in [0, 0.1) is 5.92 Å². The Labute approximate surface area is 148 Å². The molecule has 1 aromatic heterocycles. The van der Waals surface area contributed by atoms with Gasteiger partial charge in [-0.3, -0.25) is 4.79 Å². The monoisotopic (exact) mass is 339 g/mol. The first-order valence-electron chi connectivity index (χ1n) is 9.74. The van der Waals surface area contributed by atoms with Crippen molar-refractivity contribution in [2.24, 2.45) is 5.92 Å². The van der Waals surface area contributed by atoms with Crippen LogP contribution in [0.3, 0.4) is 0 Å². The van der Waals surface area contributed by atoms with Crippen LogP contribution < -0.4 is 4.74 Å². The molecule has 3 aliphatic rings. The fourth-order valence-electron chi connectivity index (χ4n) is 3.98. The second-order valence-electron chi connectivity index (χ2n) is 7.88. The Morgan fingerprint density at radius 3 is 2.80 bits per heavy atom. The first-order chi connectivity index (χ1) is 12.3. The molecule has 1 heterocycles. The molecule has 2 saturated carbocycles. The number of hydrogen-bond acceptors (Lipinski definition) is 3. The number of rotatable bonds is 6. The number of nitrogens with zero attached hydrogens (tertiary/aromatic N) is 1. The van der Waals surface area contributed by atoms with Crippen molar-refractivity contribution in [2.45, 2.75) is 57.4 Å². The normalized spacial score (nSPS) is 19.7. The van der Waals surface area contributed by atoms with Crippen LogP contribution in [0.1, 0.15) is 49.8 Å². The molecule has 2 aromatic rings. The van der Waals surface area contributed by atoms with E-state index in [-0.39, 0.29) is 12.5 Å². The number of fused-ring (bicyclic) bond motifs is 3. The van der Waals surface area contributed by atoms with Crippen LogP contribution in [-0.2, 0) is 17.6 Å². The highest BCUT2D eigenvalue weighted by atomic mass is 16.5. The van der Waals surface area contributed by atoms with E-state index in [1.807, 2.05) is 12.1 Å². The number of aryl methyl sites for hydroxylation is 2. The lowest BCUT2D eigenvalue weighted by atomic mass is 9.96. The number of furan rings is 1. The molecule has 0 unspecified atom stereocenters. The van der Waals surface area contributed by atoms with E-state index in [4.69, 9.17) is 9.15 Å². The average molecular weight is 339 g/mol. The maximum absolute atomic E-state index is 12.6. The van der Waals surface area contributed by atoms with Crippen molar-refractivity contribution in [3.05, 3.63) is 29.5 Å². The minimum Gasteiger partial charge on any atom is -0.484 e. The molecular formula is C21H25NO3. The summed E-state index contributed by atoms with van der Waals surface area (Å²) in [5, 5.41) is 1.16. The van der Waals surface area contributed by atoms with E-state index in [1.165, 1.54) is 31.2 Å². The minimum absolute atomic E-state index is 0.142. The Kier molecular flexibility index (Phi) is 3.72. The molecule has 0 bridgehead atoms. The number of hydrogen-bond donors (Lipinski definition) is 0. The van der Waals surface area contributed by atoms with Gasteiger partial charge in [-0.25, -0.2) is 0 Å². The van der Waals surface area contributed by atoms with Gasteiger partial charge < -0.3 is 14.1 Å². The quantitative estimate of drug-likeness (QED) is 0.796. The van der Waals surface area contributed by atoms with E-state index in [9.17, 15) is 4.79 Å². The molecule has 1 amide bonds. The first-order valence-corrected chi connectivity index (χ1v) is 9.74. The summed E-state index contributed by atoms with van der Waals surface area (Å²) < 4.78 is 11.8. The van der Waals surface area contributed by atoms with E-state index in [0.717, 1.165) is 60.6 Å². The van der Waals surface area contributed by atoms with E-state index in [2.05, 4.69) is 11.0 Å². The van der Waals surface area contributed by atoms with Gasteiger partial charge in [0.2, 0.25) is 0 Å². The summed E-state index contributed by atoms with van der Waals surface area (Å²) in [7, 11) is 0. The fourth-order valence-corrected chi connectivity index (χ4v) is 3.98. The van der Waals surface area contributed by atoms with Crippen molar-refractivity contribution in [2.75, 3.05) is 13.2 Å². The molecule has 0 aliphatic heterocycles. The summed E-state index contributed by atoms with van der Waals surface area (Å²) in [6.45, 7) is 1.08. The molecule has 4 nitrogen and oxygen atoms in total. The fraction of sp³-hybridized carbons (Fsp3) is 0.571. The largest absolute Gasteiger partial charge is 0.484 e. The number of carbonyl (C=O) groups excluding carboxylic acids is 1. The van der Waals surface area contributed by atoms with Crippen molar-refractivity contribution < 1.29 is 13.9 Å². The maximum Gasteiger partial charge on any atom is 0.260 e. The lowest BCUT2D eigenvalue weighted by Gasteiger charge is -2.22. The summed E-state index contributed by atoms with van der Waals surface area (Å²) >= 11 is 0. The first kappa shape index (κ1) is 15.3. The zero-order chi connectivity index (χ0) is 16.8. The molecule has 5 rings (SSSR count). The van der Waals surface area contributed by atoms with Crippen molar-refractivity contribution in [3.63, 3.8) is 0 Å². The third kappa shape index (κ3) is 3.14. The molecule has 0 saturated heterocycles. The number of carbonyl (C=O) groups is 1. The van der Waals surface area contributed by atoms with Crippen LogP contribution in [0.5, 0.6) is 5.75 Å². The molecule has 0 radical (unpaired) electrons. The zero-order valence-electron chi connectivity index (χ0n) is 14.6. The van der Waals surface area contributed by atoms with Gasteiger partial charge in [-0.1, -0.05) is 0 Å². The van der Waals surface area contributed by atoms with E-state index in [0.29, 0.717) is 6.04 Å². The Morgan fingerprint density at radius 1 is 1.16 bits per heavy atom. The third-order valence-corrected chi connectivity index (χ3v) is 5.75. The van der Waals surface area contributed by atoms with Gasteiger partial charge in [0.25, 0.3) is 5.91 Å². The lowest BCUT2D eigenvalue weighted by Crippen LogP contribution is -2.38. The molecular weight excluding hydrogens is 314 g/mol. The lowest BCUT2D eigenvalue weighted by molar-refractivity contribution is -0.134. The van der Waals surface area contributed by atoms with E-state index >= 15 is 0 Å². The molecule has 3 aliphatic carbocycles. The Hall–Kier alpha value is -1.97. The molecule has 4 heteroatoms. The second-order valence-corrected chi connectivity index (χ2v) is 7.88. The predicted molar refractivity (Wildman–Crippen MR) is 95.8 cm³/mol. The zero-order valence-corrected chi connectivity index (χ0v) is 14.6. The summed E-state index contributed by atoms with van der Waals surface area (Å²) in [5.74, 6) is 2.79. The molecule has 0 atom stereocenters. The SMILES string of the molecule is O=C(COc1ccc2oc3c(c2c1)CCCC3)N(CC1CC1)C1CC1. The van der Waals surface area contributed by atoms with Gasteiger partial charge in [-0.2, -0.15) is 0 Å². The van der Waals surface area contributed by atoms with Gasteiger partial charge >= 0.3 is 0 Å². The predicted octanol–water partition coefficient (Wildman–Crippen LogP) is 4.09. The van der Waals surface area contributed by atoms with E-state index in [1.54, 1.807) is 0 Å². The molecule has 1 aromatic carbocycles. The van der Waals surface area contributed by atoms with Gasteiger partial charge in [0, 0.05) is 30.0 Å². The number of amides is 1. The van der Waals surface area contributed by atoms with Crippen LogP contribution in [0.25, 0.3) is 11.0 Å². The van der Waals surface area contributed by atoms with Crippen LogP contribution in [-0.4, -0.2) is 30.0 Å². The topological polar surface area (TPSA) is 42.7 Å². The number of ether oxygens (including phenoxy) is 1. The van der Waals surface area contributed by atoms with Crippen LogP contribution >= 0.6 is 0 Å². The summed E-state index contributed by atoms with van der Waals surface area (Å²) in [4.78, 5) is 14.7. The Balaban J connectivity index is 1.29. The van der Waals surface area contributed by atoms with Crippen LogP contribution in [0.4, 0.5) is 0 Å². The summed E-state index contributed by atoms with van der Waals surface area (Å²) in [6.07, 6.45) is 9.43. The minimum atomic E-state index is 0.142.